The third kappa shape index (κ3) is 4.71. The lowest BCUT2D eigenvalue weighted by molar-refractivity contribution is -0.132. The molecule has 7 heteroatoms. The fourth-order valence-electron chi connectivity index (χ4n) is 3.57. The Morgan fingerprint density at radius 1 is 1.32 bits per heavy atom. The van der Waals surface area contributed by atoms with Crippen molar-refractivity contribution in [1.82, 2.24) is 15.1 Å². The quantitative estimate of drug-likeness (QED) is 0.764. The van der Waals surface area contributed by atoms with E-state index in [1.54, 1.807) is 37.6 Å². The van der Waals surface area contributed by atoms with Crippen LogP contribution in [0.3, 0.4) is 0 Å². The van der Waals surface area contributed by atoms with Crippen LogP contribution in [0.1, 0.15) is 61.0 Å². The number of unbranched alkanes of at least 4 members (excludes halogenated alkanes) is 1. The van der Waals surface area contributed by atoms with Gasteiger partial charge in [0.2, 0.25) is 5.91 Å². The highest BCUT2D eigenvalue weighted by molar-refractivity contribution is 6.04. The van der Waals surface area contributed by atoms with Crippen LogP contribution < -0.4 is 10.1 Å². The van der Waals surface area contributed by atoms with Gasteiger partial charge >= 0.3 is 0 Å². The van der Waals surface area contributed by atoms with Crippen molar-refractivity contribution in [3.05, 3.63) is 41.7 Å². The monoisotopic (exact) mass is 384 g/mol. The van der Waals surface area contributed by atoms with E-state index >= 15 is 0 Å². The number of likely N-dealkylation sites (tertiary alicyclic amines) is 1. The number of hydrogen-bond donors (Lipinski definition) is 2. The number of carbonyl (C=O) groups is 2. The van der Waals surface area contributed by atoms with Crippen molar-refractivity contribution in [2.24, 2.45) is 0 Å². The van der Waals surface area contributed by atoms with Gasteiger partial charge in [0.05, 0.1) is 24.7 Å². The molecule has 1 saturated heterocycles. The molecular weight excluding hydrogens is 356 g/mol. The molecule has 0 bridgehead atoms. The number of piperidine rings is 1. The molecule has 0 radical (unpaired) electrons. The maximum absolute atomic E-state index is 12.6. The minimum atomic E-state index is -0.197. The van der Waals surface area contributed by atoms with Gasteiger partial charge in [-0.05, 0) is 43.5 Å². The van der Waals surface area contributed by atoms with E-state index in [-0.39, 0.29) is 17.7 Å². The summed E-state index contributed by atoms with van der Waals surface area (Å²) in [4.78, 5) is 26.9. The zero-order chi connectivity index (χ0) is 19.9. The predicted molar refractivity (Wildman–Crippen MR) is 108 cm³/mol. The molecule has 1 aliphatic heterocycles. The van der Waals surface area contributed by atoms with Crippen molar-refractivity contribution >= 4 is 17.5 Å². The van der Waals surface area contributed by atoms with E-state index in [0.717, 1.165) is 37.9 Å². The van der Waals surface area contributed by atoms with Crippen molar-refractivity contribution in [2.45, 2.75) is 44.9 Å². The Bertz CT molecular complexity index is 800. The van der Waals surface area contributed by atoms with Crippen molar-refractivity contribution in [3.8, 4) is 5.75 Å². The number of benzene rings is 1. The maximum Gasteiger partial charge on any atom is 0.255 e. The summed E-state index contributed by atoms with van der Waals surface area (Å²) in [6.45, 7) is 3.56. The van der Waals surface area contributed by atoms with Crippen LogP contribution in [-0.2, 0) is 4.79 Å². The van der Waals surface area contributed by atoms with E-state index < -0.39 is 0 Å². The van der Waals surface area contributed by atoms with Crippen LogP contribution in [0.25, 0.3) is 0 Å². The predicted octanol–water partition coefficient (Wildman–Crippen LogP) is 3.57. The first-order valence-corrected chi connectivity index (χ1v) is 9.88. The van der Waals surface area contributed by atoms with Gasteiger partial charge < -0.3 is 15.0 Å². The maximum atomic E-state index is 12.6. The smallest absolute Gasteiger partial charge is 0.255 e. The van der Waals surface area contributed by atoms with Crippen LogP contribution in [0.5, 0.6) is 5.75 Å². The number of H-pyrrole nitrogens is 1. The number of aromatic nitrogens is 2. The molecule has 1 fully saturated rings. The number of aromatic amines is 1. The first-order chi connectivity index (χ1) is 13.6. The SMILES string of the molecule is CCCCC(=O)N1CCCC(c2[nH]ncc2NC(=O)c2ccc(OC)cc2)C1. The summed E-state index contributed by atoms with van der Waals surface area (Å²) in [5.41, 5.74) is 2.11. The van der Waals surface area contributed by atoms with Crippen molar-refractivity contribution in [2.75, 3.05) is 25.5 Å². The van der Waals surface area contributed by atoms with Gasteiger partial charge in [0.25, 0.3) is 5.91 Å². The summed E-state index contributed by atoms with van der Waals surface area (Å²) in [7, 11) is 1.59. The second-order valence-electron chi connectivity index (χ2n) is 7.16. The number of methoxy groups -OCH3 is 1. The van der Waals surface area contributed by atoms with Gasteiger partial charge in [-0.3, -0.25) is 14.7 Å². The molecule has 2 heterocycles. The lowest BCUT2D eigenvalue weighted by Gasteiger charge is -2.32. The topological polar surface area (TPSA) is 87.3 Å². The molecule has 3 rings (SSSR count). The first kappa shape index (κ1) is 19.9. The molecule has 1 unspecified atom stereocenters. The van der Waals surface area contributed by atoms with E-state index in [9.17, 15) is 9.59 Å². The van der Waals surface area contributed by atoms with Crippen LogP contribution in [0.15, 0.2) is 30.5 Å². The highest BCUT2D eigenvalue weighted by atomic mass is 16.5. The van der Waals surface area contributed by atoms with E-state index in [1.165, 1.54) is 0 Å². The van der Waals surface area contributed by atoms with Gasteiger partial charge in [-0.2, -0.15) is 5.10 Å². The zero-order valence-electron chi connectivity index (χ0n) is 16.5. The molecule has 7 nitrogen and oxygen atoms in total. The molecule has 2 aromatic rings. The number of anilines is 1. The Morgan fingerprint density at radius 2 is 2.11 bits per heavy atom. The number of nitrogens with one attached hydrogen (secondary N) is 2. The largest absolute Gasteiger partial charge is 0.497 e. The Balaban J connectivity index is 1.67. The molecule has 0 aliphatic carbocycles. The molecule has 0 spiro atoms. The van der Waals surface area contributed by atoms with E-state index in [1.807, 2.05) is 4.90 Å². The van der Waals surface area contributed by atoms with Crippen LogP contribution in [0.2, 0.25) is 0 Å². The molecule has 2 N–H and O–H groups in total. The van der Waals surface area contributed by atoms with Gasteiger partial charge in [0.15, 0.2) is 0 Å². The van der Waals surface area contributed by atoms with Crippen molar-refractivity contribution in [3.63, 3.8) is 0 Å². The Labute approximate surface area is 165 Å². The van der Waals surface area contributed by atoms with Crippen LogP contribution >= 0.6 is 0 Å². The molecule has 2 amide bonds. The van der Waals surface area contributed by atoms with Crippen LogP contribution in [-0.4, -0.2) is 47.1 Å². The van der Waals surface area contributed by atoms with Gasteiger partial charge in [0.1, 0.15) is 5.75 Å². The summed E-state index contributed by atoms with van der Waals surface area (Å²) >= 11 is 0. The van der Waals surface area contributed by atoms with Crippen LogP contribution in [0.4, 0.5) is 5.69 Å². The Kier molecular flexibility index (Phi) is 6.68. The summed E-state index contributed by atoms with van der Waals surface area (Å²) < 4.78 is 5.13. The van der Waals surface area contributed by atoms with E-state index in [2.05, 4.69) is 22.4 Å². The molecule has 1 aromatic heterocycles. The highest BCUT2D eigenvalue weighted by Gasteiger charge is 2.27. The molecule has 28 heavy (non-hydrogen) atoms. The number of rotatable bonds is 7. The minimum absolute atomic E-state index is 0.146. The van der Waals surface area contributed by atoms with Gasteiger partial charge in [-0.25, -0.2) is 0 Å². The van der Waals surface area contributed by atoms with E-state index in [4.69, 9.17) is 4.74 Å². The average molecular weight is 384 g/mol. The van der Waals surface area contributed by atoms with E-state index in [0.29, 0.717) is 30.0 Å². The molecule has 1 atom stereocenters. The molecular formula is C21H28N4O3. The number of amides is 2. The van der Waals surface area contributed by atoms with Crippen LogP contribution in [0, 0.1) is 0 Å². The summed E-state index contributed by atoms with van der Waals surface area (Å²) in [5, 5.41) is 10.1. The molecule has 0 saturated carbocycles. The van der Waals surface area contributed by atoms with Gasteiger partial charge in [-0.15, -0.1) is 0 Å². The molecule has 1 aromatic carbocycles. The minimum Gasteiger partial charge on any atom is -0.497 e. The second-order valence-corrected chi connectivity index (χ2v) is 7.16. The molecule has 150 valence electrons. The Hall–Kier alpha value is -2.83. The average Bonchev–Trinajstić information content (AvgIpc) is 3.20. The second kappa shape index (κ2) is 9.39. The fraction of sp³-hybridized carbons (Fsp3) is 0.476. The lowest BCUT2D eigenvalue weighted by atomic mass is 9.93. The lowest BCUT2D eigenvalue weighted by Crippen LogP contribution is -2.39. The normalized spacial score (nSPS) is 16.6. The summed E-state index contributed by atoms with van der Waals surface area (Å²) in [5.74, 6) is 0.871. The fourth-order valence-corrected chi connectivity index (χ4v) is 3.57. The van der Waals surface area contributed by atoms with Crippen molar-refractivity contribution in [1.29, 1.82) is 0 Å². The Morgan fingerprint density at radius 3 is 2.82 bits per heavy atom. The van der Waals surface area contributed by atoms with Crippen molar-refractivity contribution < 1.29 is 14.3 Å². The number of hydrogen-bond acceptors (Lipinski definition) is 4. The first-order valence-electron chi connectivity index (χ1n) is 9.88. The third-order valence-corrected chi connectivity index (χ3v) is 5.20. The third-order valence-electron chi connectivity index (χ3n) is 5.20. The standard InChI is InChI=1S/C21H28N4O3/c1-3-4-7-19(26)25-12-5-6-16(14-25)20-18(13-22-24-20)23-21(27)15-8-10-17(28-2)11-9-15/h8-11,13,16H,3-7,12,14H2,1-2H3,(H,22,24)(H,23,27). The number of carbonyl (C=O) groups excluding carboxylic acids is 2. The summed E-state index contributed by atoms with van der Waals surface area (Å²) in [6.07, 6.45) is 6.10. The zero-order valence-corrected chi connectivity index (χ0v) is 16.5. The number of ether oxygens (including phenoxy) is 1. The number of nitrogens with zero attached hydrogens (tertiary/aromatic N) is 2. The van der Waals surface area contributed by atoms with Gasteiger partial charge in [0, 0.05) is 31.0 Å². The summed E-state index contributed by atoms with van der Waals surface area (Å²) in [6, 6.07) is 6.96. The van der Waals surface area contributed by atoms with Gasteiger partial charge in [-0.1, -0.05) is 13.3 Å². The highest BCUT2D eigenvalue weighted by Crippen LogP contribution is 2.31. The molecule has 1 aliphatic rings.